The van der Waals surface area contributed by atoms with Crippen molar-refractivity contribution in [1.29, 1.82) is 0 Å². The summed E-state index contributed by atoms with van der Waals surface area (Å²) < 4.78 is 0. The molecule has 0 radical (unpaired) electrons. The van der Waals surface area contributed by atoms with Crippen molar-refractivity contribution >= 4 is 36.4 Å². The summed E-state index contributed by atoms with van der Waals surface area (Å²) in [5, 5.41) is 4.25. The molecule has 0 bridgehead atoms. The molecule has 1 aliphatic heterocycles. The highest BCUT2D eigenvalue weighted by atomic mass is 35.5. The van der Waals surface area contributed by atoms with E-state index in [2.05, 4.69) is 41.2 Å². The van der Waals surface area contributed by atoms with E-state index in [9.17, 15) is 0 Å². The van der Waals surface area contributed by atoms with Gasteiger partial charge in [0.1, 0.15) is 0 Å². The topological polar surface area (TPSA) is 18.5 Å². The zero-order valence-corrected chi connectivity index (χ0v) is 15.1. The van der Waals surface area contributed by atoms with Crippen LogP contribution in [0.5, 0.6) is 0 Å². The minimum Gasteiger partial charge on any atom is -0.314 e. The van der Waals surface area contributed by atoms with Crippen LogP contribution < -0.4 is 5.32 Å². The van der Waals surface area contributed by atoms with Crippen LogP contribution in [0, 0.1) is 0 Å². The van der Waals surface area contributed by atoms with E-state index >= 15 is 0 Å². The second-order valence-corrected chi connectivity index (χ2v) is 5.68. The first-order valence-electron chi connectivity index (χ1n) is 7.06. The number of hydrogen-bond acceptors (Lipinski definition) is 3. The van der Waals surface area contributed by atoms with Gasteiger partial charge in [0, 0.05) is 50.3 Å². The lowest BCUT2D eigenvalue weighted by Gasteiger charge is -2.31. The average molecular weight is 355 g/mol. The number of likely N-dealkylation sites (N-methyl/N-ethyl adjacent to an activating group) is 1. The third kappa shape index (κ3) is 6.31. The van der Waals surface area contributed by atoms with Gasteiger partial charge in [0.05, 0.1) is 0 Å². The summed E-state index contributed by atoms with van der Waals surface area (Å²) >= 11 is 6.27. The van der Waals surface area contributed by atoms with Crippen LogP contribution in [-0.2, 0) is 0 Å². The summed E-state index contributed by atoms with van der Waals surface area (Å²) in [4.78, 5) is 4.90. The van der Waals surface area contributed by atoms with Gasteiger partial charge in [0.15, 0.2) is 0 Å². The average Bonchev–Trinajstić information content (AvgIpc) is 2.45. The summed E-state index contributed by atoms with van der Waals surface area (Å²) in [6, 6.07) is 8.49. The highest BCUT2D eigenvalue weighted by molar-refractivity contribution is 6.31. The number of piperazine rings is 1. The molecule has 1 unspecified atom stereocenters. The second-order valence-electron chi connectivity index (χ2n) is 5.27. The van der Waals surface area contributed by atoms with Crippen molar-refractivity contribution in [2.75, 3.05) is 46.3 Å². The van der Waals surface area contributed by atoms with Crippen LogP contribution in [-0.4, -0.2) is 56.1 Å². The Labute approximate surface area is 145 Å². The number of nitrogens with zero attached hydrogens (tertiary/aromatic N) is 2. The van der Waals surface area contributed by atoms with Crippen LogP contribution in [0.25, 0.3) is 0 Å². The molecule has 6 heteroatoms. The highest BCUT2D eigenvalue weighted by Gasteiger charge is 2.16. The minimum absolute atomic E-state index is 0. The molecule has 3 nitrogen and oxygen atoms in total. The molecule has 1 fully saturated rings. The Balaban J connectivity index is 0.00000200. The predicted octanol–water partition coefficient (Wildman–Crippen LogP) is 3.08. The number of rotatable bonds is 5. The molecular weight excluding hydrogens is 329 g/mol. The van der Waals surface area contributed by atoms with E-state index in [0.717, 1.165) is 44.3 Å². The maximum Gasteiger partial charge on any atom is 0.0453 e. The van der Waals surface area contributed by atoms with E-state index in [1.807, 2.05) is 12.1 Å². The van der Waals surface area contributed by atoms with Crippen molar-refractivity contribution in [3.8, 4) is 0 Å². The number of halogens is 3. The molecule has 1 aromatic carbocycles. The first-order valence-corrected chi connectivity index (χ1v) is 7.44. The monoisotopic (exact) mass is 353 g/mol. The lowest BCUT2D eigenvalue weighted by molar-refractivity contribution is 0.183. The van der Waals surface area contributed by atoms with Crippen LogP contribution in [0.2, 0.25) is 5.02 Å². The largest absolute Gasteiger partial charge is 0.314 e. The normalized spacial score (nSPS) is 17.0. The summed E-state index contributed by atoms with van der Waals surface area (Å²) in [5.74, 6) is 0. The van der Waals surface area contributed by atoms with Gasteiger partial charge in [-0.3, -0.25) is 9.80 Å². The Morgan fingerprint density at radius 2 is 1.86 bits per heavy atom. The summed E-state index contributed by atoms with van der Waals surface area (Å²) in [6.07, 6.45) is 0. The van der Waals surface area contributed by atoms with Crippen molar-refractivity contribution in [3.63, 3.8) is 0 Å². The molecule has 0 aromatic heterocycles. The molecule has 0 aliphatic carbocycles. The lowest BCUT2D eigenvalue weighted by Crippen LogP contribution is -2.46. The van der Waals surface area contributed by atoms with Crippen LogP contribution in [0.1, 0.15) is 18.5 Å². The molecule has 0 saturated carbocycles. The first kappa shape index (κ1) is 21.0. The van der Waals surface area contributed by atoms with Crippen LogP contribution >= 0.6 is 36.4 Å². The maximum atomic E-state index is 6.27. The summed E-state index contributed by atoms with van der Waals surface area (Å²) in [6.45, 7) is 8.98. The molecule has 1 aliphatic rings. The van der Waals surface area contributed by atoms with E-state index in [1.54, 1.807) is 0 Å². The Bertz CT molecular complexity index is 398. The van der Waals surface area contributed by atoms with Crippen molar-refractivity contribution < 1.29 is 0 Å². The van der Waals surface area contributed by atoms with Gasteiger partial charge in [0.2, 0.25) is 0 Å². The van der Waals surface area contributed by atoms with E-state index in [0.29, 0.717) is 6.04 Å². The fourth-order valence-electron chi connectivity index (χ4n) is 2.48. The third-order valence-corrected chi connectivity index (χ3v) is 4.34. The van der Waals surface area contributed by atoms with Crippen LogP contribution in [0.3, 0.4) is 0 Å². The van der Waals surface area contributed by atoms with Crippen molar-refractivity contribution in [2.45, 2.75) is 13.0 Å². The third-order valence-electron chi connectivity index (χ3n) is 4.00. The van der Waals surface area contributed by atoms with Gasteiger partial charge >= 0.3 is 0 Å². The van der Waals surface area contributed by atoms with Crippen LogP contribution in [0.4, 0.5) is 0 Å². The smallest absolute Gasteiger partial charge is 0.0453 e. The zero-order chi connectivity index (χ0) is 13.7. The first-order chi connectivity index (χ1) is 9.18. The van der Waals surface area contributed by atoms with Gasteiger partial charge in [-0.15, -0.1) is 24.8 Å². The van der Waals surface area contributed by atoms with Crippen molar-refractivity contribution in [1.82, 2.24) is 15.1 Å². The molecule has 0 amide bonds. The van der Waals surface area contributed by atoms with E-state index in [4.69, 9.17) is 11.6 Å². The molecule has 1 atom stereocenters. The van der Waals surface area contributed by atoms with Gasteiger partial charge in [-0.2, -0.15) is 0 Å². The molecule has 1 aromatic rings. The summed E-state index contributed by atoms with van der Waals surface area (Å²) in [5.41, 5.74) is 1.21. The zero-order valence-electron chi connectivity index (χ0n) is 12.7. The fourth-order valence-corrected chi connectivity index (χ4v) is 2.77. The molecule has 1 heterocycles. The van der Waals surface area contributed by atoms with Crippen molar-refractivity contribution in [3.05, 3.63) is 34.9 Å². The fraction of sp³-hybridized carbons (Fsp3) is 0.600. The number of benzene rings is 1. The Hall–Kier alpha value is -0.0300. The van der Waals surface area contributed by atoms with E-state index in [-0.39, 0.29) is 24.8 Å². The van der Waals surface area contributed by atoms with Gasteiger partial charge in [-0.25, -0.2) is 0 Å². The Morgan fingerprint density at radius 3 is 2.48 bits per heavy atom. The maximum absolute atomic E-state index is 6.27. The van der Waals surface area contributed by atoms with E-state index in [1.165, 1.54) is 5.56 Å². The van der Waals surface area contributed by atoms with Gasteiger partial charge in [-0.05, 0) is 25.6 Å². The van der Waals surface area contributed by atoms with Gasteiger partial charge in [0.25, 0.3) is 0 Å². The highest BCUT2D eigenvalue weighted by Crippen LogP contribution is 2.25. The molecular formula is C15H26Cl3N3. The Morgan fingerprint density at radius 1 is 1.24 bits per heavy atom. The van der Waals surface area contributed by atoms with Gasteiger partial charge in [-0.1, -0.05) is 29.8 Å². The number of hydrogen-bond donors (Lipinski definition) is 1. The van der Waals surface area contributed by atoms with Crippen molar-refractivity contribution in [2.24, 2.45) is 0 Å². The second kappa shape index (κ2) is 10.7. The van der Waals surface area contributed by atoms with Crippen LogP contribution in [0.15, 0.2) is 24.3 Å². The minimum atomic E-state index is 0. The number of nitrogens with one attached hydrogen (secondary N) is 1. The van der Waals surface area contributed by atoms with Gasteiger partial charge < -0.3 is 5.32 Å². The molecule has 0 spiro atoms. The predicted molar refractivity (Wildman–Crippen MR) is 96.3 cm³/mol. The lowest BCUT2D eigenvalue weighted by atomic mass is 10.1. The molecule has 21 heavy (non-hydrogen) atoms. The van der Waals surface area contributed by atoms with E-state index < -0.39 is 0 Å². The Kier molecular flexibility index (Phi) is 10.6. The SMILES string of the molecule is CC(c1ccccc1Cl)N(C)CCN1CCNCC1.Cl.Cl. The molecule has 1 saturated heterocycles. The quantitative estimate of drug-likeness (QED) is 0.876. The standard InChI is InChI=1S/C15H24ClN3.2ClH/c1-13(14-5-3-4-6-15(14)16)18(2)11-12-19-9-7-17-8-10-19;;/h3-6,13,17H,7-12H2,1-2H3;2*1H. The molecule has 122 valence electrons. The molecule has 1 N–H and O–H groups in total. The molecule has 2 rings (SSSR count). The summed E-state index contributed by atoms with van der Waals surface area (Å²) in [7, 11) is 2.18.